The van der Waals surface area contributed by atoms with Gasteiger partial charge in [0.15, 0.2) is 6.29 Å². The van der Waals surface area contributed by atoms with E-state index in [4.69, 9.17) is 23.7 Å². The van der Waals surface area contributed by atoms with Crippen LogP contribution in [0.5, 0.6) is 0 Å². The summed E-state index contributed by atoms with van der Waals surface area (Å²) in [5, 5.41) is 39.5. The summed E-state index contributed by atoms with van der Waals surface area (Å²) in [6, 6.07) is 0. The van der Waals surface area contributed by atoms with Gasteiger partial charge in [0, 0.05) is 11.5 Å². The second-order valence-electron chi connectivity index (χ2n) is 7.49. The van der Waals surface area contributed by atoms with Crippen molar-refractivity contribution in [3.63, 3.8) is 0 Å². The molecule has 2 heterocycles. The first kappa shape index (κ1) is 26.2. The highest BCUT2D eigenvalue weighted by Crippen LogP contribution is 2.36. The summed E-state index contributed by atoms with van der Waals surface area (Å²) >= 11 is 0. The fraction of sp³-hybridized carbons (Fsp3) is 0.714. The van der Waals surface area contributed by atoms with Gasteiger partial charge < -0.3 is 44.1 Å². The molecule has 11 nitrogen and oxygen atoms in total. The monoisotopic (exact) mass is 460 g/mol. The molecule has 2 rings (SSSR count). The third-order valence-electron chi connectivity index (χ3n) is 5.36. The maximum atomic E-state index is 12.4. The van der Waals surface area contributed by atoms with Gasteiger partial charge in [-0.05, 0) is 13.3 Å². The molecule has 11 heteroatoms. The van der Waals surface area contributed by atoms with Crippen molar-refractivity contribution in [1.82, 2.24) is 0 Å². The van der Waals surface area contributed by atoms with Crippen LogP contribution in [0.2, 0.25) is 0 Å². The topological polar surface area (TPSA) is 161 Å². The third kappa shape index (κ3) is 6.06. The van der Waals surface area contributed by atoms with Crippen LogP contribution in [0.25, 0.3) is 0 Å². The molecule has 2 aliphatic heterocycles. The van der Waals surface area contributed by atoms with E-state index >= 15 is 0 Å². The molecule has 0 aromatic carbocycles. The predicted octanol–water partition coefficient (Wildman–Crippen LogP) is -0.488. The van der Waals surface area contributed by atoms with E-state index in [1.165, 1.54) is 7.11 Å². The van der Waals surface area contributed by atoms with Gasteiger partial charge in [0.1, 0.15) is 24.4 Å². The number of allylic oxidation sites excluding steroid dienone is 1. The summed E-state index contributed by atoms with van der Waals surface area (Å²) in [5.74, 6) is -2.00. The van der Waals surface area contributed by atoms with Crippen molar-refractivity contribution in [2.45, 2.75) is 70.1 Å². The number of unbranched alkanes of at least 4 members (excludes halogenated alkanes) is 1. The van der Waals surface area contributed by atoms with Crippen molar-refractivity contribution in [2.24, 2.45) is 5.92 Å². The maximum absolute atomic E-state index is 12.4. The quantitative estimate of drug-likeness (QED) is 0.200. The zero-order valence-corrected chi connectivity index (χ0v) is 18.4. The highest BCUT2D eigenvalue weighted by molar-refractivity contribution is 5.90. The van der Waals surface area contributed by atoms with Gasteiger partial charge in [0.25, 0.3) is 0 Å². The van der Waals surface area contributed by atoms with Crippen molar-refractivity contribution in [1.29, 1.82) is 0 Å². The Morgan fingerprint density at radius 1 is 1.19 bits per heavy atom. The standard InChI is InChI=1S/C21H32O11/c1-4-6-7-29-15(23)8-12-11(5-2)20(30-10-13(12)19(27)28-3)32-21-18(26)17(25)16(24)14(9-22)31-21/h5,10,12,14,16-18,20-22,24-26H,4,6-9H2,1-3H3/b11-5+/t12-,14+,16+,17-,18+,20-,21-/m0/s1. The Morgan fingerprint density at radius 2 is 1.91 bits per heavy atom. The molecule has 0 aromatic heterocycles. The molecule has 7 atom stereocenters. The van der Waals surface area contributed by atoms with Gasteiger partial charge in [-0.3, -0.25) is 4.79 Å². The average molecular weight is 460 g/mol. The third-order valence-corrected chi connectivity index (χ3v) is 5.36. The van der Waals surface area contributed by atoms with Gasteiger partial charge >= 0.3 is 11.9 Å². The number of methoxy groups -OCH3 is 1. The van der Waals surface area contributed by atoms with E-state index in [9.17, 15) is 30.0 Å². The van der Waals surface area contributed by atoms with Crippen LogP contribution in [0.4, 0.5) is 0 Å². The number of hydrogen-bond donors (Lipinski definition) is 4. The van der Waals surface area contributed by atoms with Crippen LogP contribution >= 0.6 is 0 Å². The number of hydrogen-bond acceptors (Lipinski definition) is 11. The van der Waals surface area contributed by atoms with Crippen LogP contribution in [-0.2, 0) is 33.3 Å². The van der Waals surface area contributed by atoms with E-state index in [2.05, 4.69) is 0 Å². The Morgan fingerprint density at radius 3 is 2.50 bits per heavy atom. The van der Waals surface area contributed by atoms with Gasteiger partial charge in [-0.2, -0.15) is 0 Å². The molecule has 1 saturated heterocycles. The van der Waals surface area contributed by atoms with Crippen LogP contribution in [-0.4, -0.2) is 89.7 Å². The molecule has 0 aromatic rings. The van der Waals surface area contributed by atoms with Gasteiger partial charge in [-0.1, -0.05) is 19.4 Å². The molecule has 2 aliphatic rings. The van der Waals surface area contributed by atoms with E-state index < -0.39 is 61.5 Å². The van der Waals surface area contributed by atoms with Gasteiger partial charge in [-0.25, -0.2) is 4.79 Å². The second-order valence-corrected chi connectivity index (χ2v) is 7.49. The van der Waals surface area contributed by atoms with Crippen molar-refractivity contribution in [2.75, 3.05) is 20.3 Å². The number of aliphatic hydroxyl groups excluding tert-OH is 4. The summed E-state index contributed by atoms with van der Waals surface area (Å²) in [7, 11) is 1.20. The van der Waals surface area contributed by atoms with Crippen LogP contribution in [0.3, 0.4) is 0 Å². The fourth-order valence-corrected chi connectivity index (χ4v) is 3.48. The summed E-state index contributed by atoms with van der Waals surface area (Å²) < 4.78 is 26.5. The van der Waals surface area contributed by atoms with Crippen LogP contribution in [0.1, 0.15) is 33.1 Å². The van der Waals surface area contributed by atoms with Crippen molar-refractivity contribution < 1.29 is 53.7 Å². The molecule has 0 aliphatic carbocycles. The maximum Gasteiger partial charge on any atom is 0.337 e. The molecular formula is C21H32O11. The Labute approximate surface area is 186 Å². The zero-order chi connectivity index (χ0) is 23.8. The number of aliphatic hydroxyl groups is 4. The number of rotatable bonds is 9. The van der Waals surface area contributed by atoms with E-state index in [1.54, 1.807) is 13.0 Å². The Kier molecular flexibility index (Phi) is 10.1. The Balaban J connectivity index is 2.22. The van der Waals surface area contributed by atoms with Gasteiger partial charge in [0.2, 0.25) is 6.29 Å². The van der Waals surface area contributed by atoms with Crippen LogP contribution in [0.15, 0.2) is 23.5 Å². The summed E-state index contributed by atoms with van der Waals surface area (Å²) in [4.78, 5) is 24.6. The highest BCUT2D eigenvalue weighted by Gasteiger charge is 2.46. The Bertz CT molecular complexity index is 702. The molecule has 182 valence electrons. The van der Waals surface area contributed by atoms with Crippen LogP contribution < -0.4 is 0 Å². The number of carbonyl (C=O) groups excluding carboxylic acids is 2. The molecule has 0 radical (unpaired) electrons. The van der Waals surface area contributed by atoms with Crippen molar-refractivity contribution in [3.8, 4) is 0 Å². The minimum atomic E-state index is -1.64. The second kappa shape index (κ2) is 12.3. The SMILES string of the molecule is C/C=C1/[C@H](O[C@@H]2O[C@H](CO)[C@@H](O)[C@H](O)[C@H]2O)OC=C(C(=O)OC)[C@H]1CC(=O)OCCCC. The van der Waals surface area contributed by atoms with E-state index in [-0.39, 0.29) is 18.6 Å². The minimum Gasteiger partial charge on any atom is -0.468 e. The molecule has 0 saturated carbocycles. The van der Waals surface area contributed by atoms with Crippen molar-refractivity contribution >= 4 is 11.9 Å². The Hall–Kier alpha value is -2.02. The molecule has 32 heavy (non-hydrogen) atoms. The minimum absolute atomic E-state index is 0.0849. The van der Waals surface area contributed by atoms with Gasteiger partial charge in [-0.15, -0.1) is 0 Å². The largest absolute Gasteiger partial charge is 0.468 e. The normalized spacial score (nSPS) is 33.9. The lowest BCUT2D eigenvalue weighted by atomic mass is 9.86. The molecule has 0 unspecified atom stereocenters. The summed E-state index contributed by atoms with van der Waals surface area (Å²) in [6.07, 6.45) is -4.55. The first-order valence-electron chi connectivity index (χ1n) is 10.5. The highest BCUT2D eigenvalue weighted by atomic mass is 16.8. The number of ether oxygens (including phenoxy) is 5. The lowest BCUT2D eigenvalue weighted by Crippen LogP contribution is -2.60. The van der Waals surface area contributed by atoms with E-state index in [0.29, 0.717) is 12.0 Å². The lowest BCUT2D eigenvalue weighted by molar-refractivity contribution is -0.327. The zero-order valence-electron chi connectivity index (χ0n) is 18.4. The number of esters is 2. The molecular weight excluding hydrogens is 428 g/mol. The van der Waals surface area contributed by atoms with E-state index in [0.717, 1.165) is 12.7 Å². The summed E-state index contributed by atoms with van der Waals surface area (Å²) in [5.41, 5.74) is 0.457. The first-order chi connectivity index (χ1) is 15.3. The molecule has 0 spiro atoms. The molecule has 0 amide bonds. The first-order valence-corrected chi connectivity index (χ1v) is 10.5. The fourth-order valence-electron chi connectivity index (χ4n) is 3.48. The molecule has 4 N–H and O–H groups in total. The molecule has 1 fully saturated rings. The summed E-state index contributed by atoms with van der Waals surface area (Å²) in [6.45, 7) is 3.25. The van der Waals surface area contributed by atoms with Gasteiger partial charge in [0.05, 0.1) is 38.6 Å². The van der Waals surface area contributed by atoms with Crippen LogP contribution in [0, 0.1) is 5.92 Å². The lowest BCUT2D eigenvalue weighted by Gasteiger charge is -2.41. The van der Waals surface area contributed by atoms with Crippen molar-refractivity contribution in [3.05, 3.63) is 23.5 Å². The smallest absolute Gasteiger partial charge is 0.337 e. The van der Waals surface area contributed by atoms with E-state index in [1.807, 2.05) is 6.92 Å². The average Bonchev–Trinajstić information content (AvgIpc) is 2.79. The predicted molar refractivity (Wildman–Crippen MR) is 108 cm³/mol. The number of carbonyl (C=O) groups is 2. The molecule has 0 bridgehead atoms.